The smallest absolute Gasteiger partial charge is 0.222 e. The lowest BCUT2D eigenvalue weighted by atomic mass is 10.0. The van der Waals surface area contributed by atoms with Gasteiger partial charge in [-0.2, -0.15) is 0 Å². The molecule has 0 aliphatic heterocycles. The topological polar surface area (TPSA) is 58.2 Å². The predicted molar refractivity (Wildman–Crippen MR) is 93.7 cm³/mol. The molecular weight excluding hydrogens is 332 g/mol. The zero-order valence-electron chi connectivity index (χ0n) is 12.8. The third-order valence-electron chi connectivity index (χ3n) is 3.31. The van der Waals surface area contributed by atoms with Crippen molar-refractivity contribution in [3.63, 3.8) is 0 Å². The summed E-state index contributed by atoms with van der Waals surface area (Å²) >= 11 is 7.55. The minimum absolute atomic E-state index is 0.0877. The summed E-state index contributed by atoms with van der Waals surface area (Å²) in [5, 5.41) is 8.35. The van der Waals surface area contributed by atoms with E-state index in [2.05, 4.69) is 10.6 Å². The highest BCUT2D eigenvalue weighted by molar-refractivity contribution is 7.09. The molecule has 0 saturated heterocycles. The predicted octanol–water partition coefficient (Wildman–Crippen LogP) is 3.33. The lowest BCUT2D eigenvalue weighted by Gasteiger charge is -2.18. The van der Waals surface area contributed by atoms with Gasteiger partial charge in [-0.15, -0.1) is 11.3 Å². The van der Waals surface area contributed by atoms with Crippen LogP contribution in [0.25, 0.3) is 0 Å². The largest absolute Gasteiger partial charge is 0.356 e. The SMILES string of the molecule is CC(=O)N[C@@H](CC(=O)NCCc1cccs1)c1ccc(Cl)cc1. The van der Waals surface area contributed by atoms with Crippen LogP contribution in [0.15, 0.2) is 41.8 Å². The summed E-state index contributed by atoms with van der Waals surface area (Å²) in [5.41, 5.74) is 0.859. The van der Waals surface area contributed by atoms with Crippen LogP contribution in [-0.4, -0.2) is 18.4 Å². The molecule has 2 aromatic rings. The van der Waals surface area contributed by atoms with Crippen molar-refractivity contribution in [2.24, 2.45) is 0 Å². The van der Waals surface area contributed by atoms with Crippen LogP contribution in [0, 0.1) is 0 Å². The van der Waals surface area contributed by atoms with Crippen LogP contribution in [0.3, 0.4) is 0 Å². The number of nitrogens with one attached hydrogen (secondary N) is 2. The summed E-state index contributed by atoms with van der Waals surface area (Å²) < 4.78 is 0. The van der Waals surface area contributed by atoms with Gasteiger partial charge >= 0.3 is 0 Å². The molecule has 0 spiro atoms. The highest BCUT2D eigenvalue weighted by Crippen LogP contribution is 2.19. The number of amides is 2. The Kier molecular flexibility index (Phi) is 6.62. The van der Waals surface area contributed by atoms with Crippen molar-refractivity contribution in [2.75, 3.05) is 6.54 Å². The Bertz CT molecular complexity index is 641. The molecule has 0 radical (unpaired) electrons. The first-order valence-electron chi connectivity index (χ1n) is 7.36. The molecule has 4 nitrogen and oxygen atoms in total. The molecule has 1 aromatic carbocycles. The highest BCUT2D eigenvalue weighted by atomic mass is 35.5. The standard InChI is InChI=1S/C17H19ClN2O2S/c1-12(21)20-16(13-4-6-14(18)7-5-13)11-17(22)19-9-8-15-3-2-10-23-15/h2-7,10,16H,8-9,11H2,1H3,(H,19,22)(H,20,21)/t16-/m0/s1. The van der Waals surface area contributed by atoms with Gasteiger partial charge in [0.2, 0.25) is 11.8 Å². The molecule has 0 aliphatic rings. The van der Waals surface area contributed by atoms with Crippen molar-refractivity contribution < 1.29 is 9.59 Å². The molecule has 0 aliphatic carbocycles. The van der Waals surface area contributed by atoms with Crippen LogP contribution in [0.4, 0.5) is 0 Å². The van der Waals surface area contributed by atoms with E-state index in [1.54, 1.807) is 23.5 Å². The van der Waals surface area contributed by atoms with Crippen molar-refractivity contribution in [2.45, 2.75) is 25.8 Å². The van der Waals surface area contributed by atoms with Crippen LogP contribution >= 0.6 is 22.9 Å². The van der Waals surface area contributed by atoms with E-state index < -0.39 is 0 Å². The fourth-order valence-corrected chi connectivity index (χ4v) is 3.07. The third kappa shape index (κ3) is 6.04. The molecule has 23 heavy (non-hydrogen) atoms. The zero-order chi connectivity index (χ0) is 16.7. The molecule has 2 rings (SSSR count). The first kappa shape index (κ1) is 17.5. The van der Waals surface area contributed by atoms with Gasteiger partial charge in [-0.05, 0) is 35.6 Å². The number of benzene rings is 1. The summed E-state index contributed by atoms with van der Waals surface area (Å²) in [7, 11) is 0. The fourth-order valence-electron chi connectivity index (χ4n) is 2.23. The maximum Gasteiger partial charge on any atom is 0.222 e. The van der Waals surface area contributed by atoms with Gasteiger partial charge in [-0.25, -0.2) is 0 Å². The second kappa shape index (κ2) is 8.70. The average Bonchev–Trinajstić information content (AvgIpc) is 3.00. The molecule has 6 heteroatoms. The molecular formula is C17H19ClN2O2S. The molecule has 122 valence electrons. The van der Waals surface area contributed by atoms with E-state index in [4.69, 9.17) is 11.6 Å². The Morgan fingerprint density at radius 3 is 2.57 bits per heavy atom. The summed E-state index contributed by atoms with van der Waals surface area (Å²) in [6.45, 7) is 2.03. The third-order valence-corrected chi connectivity index (χ3v) is 4.50. The molecule has 1 atom stereocenters. The Labute approximate surface area is 144 Å². The number of carbonyl (C=O) groups excluding carboxylic acids is 2. The minimum atomic E-state index is -0.355. The Balaban J connectivity index is 1.89. The maximum absolute atomic E-state index is 12.1. The molecule has 0 unspecified atom stereocenters. The molecule has 1 aromatic heterocycles. The number of thiophene rings is 1. The summed E-state index contributed by atoms with van der Waals surface area (Å²) in [6.07, 6.45) is 1.01. The van der Waals surface area contributed by atoms with Crippen LogP contribution in [0.5, 0.6) is 0 Å². The van der Waals surface area contributed by atoms with Gasteiger partial charge in [-0.3, -0.25) is 9.59 Å². The van der Waals surface area contributed by atoms with Crippen molar-refractivity contribution in [1.29, 1.82) is 0 Å². The molecule has 2 N–H and O–H groups in total. The minimum Gasteiger partial charge on any atom is -0.356 e. The van der Waals surface area contributed by atoms with Crippen molar-refractivity contribution >= 4 is 34.8 Å². The van der Waals surface area contributed by atoms with Crippen molar-refractivity contribution in [3.05, 3.63) is 57.2 Å². The first-order valence-corrected chi connectivity index (χ1v) is 8.62. The second-order valence-corrected chi connectivity index (χ2v) is 6.66. The quantitative estimate of drug-likeness (QED) is 0.804. The van der Waals surface area contributed by atoms with Gasteiger partial charge < -0.3 is 10.6 Å². The summed E-state index contributed by atoms with van der Waals surface area (Å²) in [4.78, 5) is 24.7. The van der Waals surface area contributed by atoms with E-state index in [1.165, 1.54) is 11.8 Å². The van der Waals surface area contributed by atoms with Gasteiger partial charge in [0.15, 0.2) is 0 Å². The molecule has 2 amide bonds. The van der Waals surface area contributed by atoms with Gasteiger partial charge in [-0.1, -0.05) is 29.8 Å². The second-order valence-electron chi connectivity index (χ2n) is 5.19. The van der Waals surface area contributed by atoms with Crippen LogP contribution in [-0.2, 0) is 16.0 Å². The number of rotatable bonds is 7. The highest BCUT2D eigenvalue weighted by Gasteiger charge is 2.16. The van der Waals surface area contributed by atoms with Crippen LogP contribution < -0.4 is 10.6 Å². The molecule has 0 saturated carbocycles. The van der Waals surface area contributed by atoms with Gasteiger partial charge in [0.1, 0.15) is 0 Å². The Hall–Kier alpha value is -1.85. The Morgan fingerprint density at radius 2 is 1.96 bits per heavy atom. The molecule has 0 fully saturated rings. The van der Waals surface area contributed by atoms with E-state index in [-0.39, 0.29) is 24.3 Å². The van der Waals surface area contributed by atoms with Gasteiger partial charge in [0.25, 0.3) is 0 Å². The zero-order valence-corrected chi connectivity index (χ0v) is 14.4. The maximum atomic E-state index is 12.1. The molecule has 0 bridgehead atoms. The number of carbonyl (C=O) groups is 2. The van der Waals surface area contributed by atoms with E-state index in [1.807, 2.05) is 29.6 Å². The average molecular weight is 351 g/mol. The summed E-state index contributed by atoms with van der Waals surface area (Å²) in [5.74, 6) is -0.258. The number of hydrogen-bond acceptors (Lipinski definition) is 3. The van der Waals surface area contributed by atoms with E-state index in [0.29, 0.717) is 11.6 Å². The monoisotopic (exact) mass is 350 g/mol. The molecule has 1 heterocycles. The Morgan fingerprint density at radius 1 is 1.22 bits per heavy atom. The lowest BCUT2D eigenvalue weighted by Crippen LogP contribution is -2.33. The van der Waals surface area contributed by atoms with Gasteiger partial charge in [0, 0.05) is 23.4 Å². The normalized spacial score (nSPS) is 11.7. The van der Waals surface area contributed by atoms with E-state index >= 15 is 0 Å². The van der Waals surface area contributed by atoms with Crippen molar-refractivity contribution in [1.82, 2.24) is 10.6 Å². The number of halogens is 1. The van der Waals surface area contributed by atoms with Crippen LogP contribution in [0.2, 0.25) is 5.02 Å². The number of hydrogen-bond donors (Lipinski definition) is 2. The van der Waals surface area contributed by atoms with Gasteiger partial charge in [0.05, 0.1) is 12.5 Å². The van der Waals surface area contributed by atoms with Crippen molar-refractivity contribution in [3.8, 4) is 0 Å². The van der Waals surface area contributed by atoms with E-state index in [9.17, 15) is 9.59 Å². The fraction of sp³-hybridized carbons (Fsp3) is 0.294. The first-order chi connectivity index (χ1) is 11.0. The summed E-state index contributed by atoms with van der Waals surface area (Å²) in [6, 6.07) is 10.8. The van der Waals surface area contributed by atoms with Crippen LogP contribution in [0.1, 0.15) is 29.8 Å². The van der Waals surface area contributed by atoms with E-state index in [0.717, 1.165) is 12.0 Å². The lowest BCUT2D eigenvalue weighted by molar-refractivity contribution is -0.122.